The quantitative estimate of drug-likeness (QED) is 0.299. The Morgan fingerprint density at radius 1 is 1.22 bits per heavy atom. The molecule has 3 aromatic rings. The van der Waals surface area contributed by atoms with Gasteiger partial charge in [0.25, 0.3) is 5.91 Å². The maximum absolute atomic E-state index is 14.5. The number of benzene rings is 2. The van der Waals surface area contributed by atoms with E-state index in [9.17, 15) is 26.7 Å². The van der Waals surface area contributed by atoms with Crippen molar-refractivity contribution in [1.29, 1.82) is 0 Å². The zero-order chi connectivity index (χ0) is 23.6. The Morgan fingerprint density at radius 3 is 2.44 bits per heavy atom. The molecule has 0 aliphatic carbocycles. The molecule has 1 amide bonds. The Balaban J connectivity index is 1.95. The van der Waals surface area contributed by atoms with Gasteiger partial charge in [-0.25, -0.2) is 13.8 Å². The Morgan fingerprint density at radius 2 is 1.88 bits per heavy atom. The number of halogens is 6. The molecular formula is C21H14BrF5N2O3. The van der Waals surface area contributed by atoms with Crippen molar-refractivity contribution in [3.63, 3.8) is 0 Å². The molecule has 2 N–H and O–H groups in total. The zero-order valence-corrected chi connectivity index (χ0v) is 17.6. The van der Waals surface area contributed by atoms with Crippen LogP contribution in [0.15, 0.2) is 58.1 Å². The van der Waals surface area contributed by atoms with Gasteiger partial charge in [-0.1, -0.05) is 18.2 Å². The lowest BCUT2D eigenvalue weighted by molar-refractivity contribution is -0.137. The van der Waals surface area contributed by atoms with Crippen LogP contribution in [0.3, 0.4) is 0 Å². The van der Waals surface area contributed by atoms with Crippen molar-refractivity contribution in [3.8, 4) is 17.0 Å². The predicted octanol–water partition coefficient (Wildman–Crippen LogP) is 6.20. The molecule has 0 saturated carbocycles. The first-order chi connectivity index (χ1) is 15.0. The highest BCUT2D eigenvalue weighted by Crippen LogP contribution is 2.36. The molecule has 1 heterocycles. The fraction of sp³-hybridized carbons (Fsp3) is 0.143. The van der Waals surface area contributed by atoms with E-state index in [0.717, 1.165) is 24.3 Å². The SMILES string of the molecule is C=CCC(Oc1ccc(F)c(C(N)=O)c1F)c1nc(-c2ccc(C(F)(F)F)cc2)c(Br)o1. The van der Waals surface area contributed by atoms with Gasteiger partial charge in [-0.2, -0.15) is 13.2 Å². The van der Waals surface area contributed by atoms with Gasteiger partial charge in [0.05, 0.1) is 5.56 Å². The van der Waals surface area contributed by atoms with Crippen molar-refractivity contribution in [1.82, 2.24) is 4.98 Å². The molecule has 11 heteroatoms. The summed E-state index contributed by atoms with van der Waals surface area (Å²) < 4.78 is 77.8. The standard InChI is InChI=1S/C21H14BrF5N2O3/c1-2-3-14(31-13-9-8-12(23)15(16(13)24)19(28)30)20-29-17(18(22)32-20)10-4-6-11(7-5-10)21(25,26)27/h2,4-9,14H,1,3H2,(H2,28,30). The third kappa shape index (κ3) is 4.82. The summed E-state index contributed by atoms with van der Waals surface area (Å²) in [4.78, 5) is 15.6. The molecule has 2 aromatic carbocycles. The van der Waals surface area contributed by atoms with Gasteiger partial charge in [0.1, 0.15) is 17.1 Å². The highest BCUT2D eigenvalue weighted by Gasteiger charge is 2.30. The fourth-order valence-electron chi connectivity index (χ4n) is 2.80. The van der Waals surface area contributed by atoms with E-state index in [0.29, 0.717) is 5.56 Å². The van der Waals surface area contributed by atoms with Crippen molar-refractivity contribution < 1.29 is 35.9 Å². The van der Waals surface area contributed by atoms with Crippen LogP contribution in [0.2, 0.25) is 0 Å². The number of rotatable bonds is 7. The molecule has 0 fully saturated rings. The monoisotopic (exact) mass is 516 g/mol. The van der Waals surface area contributed by atoms with Crippen molar-refractivity contribution in [2.45, 2.75) is 18.7 Å². The molecule has 1 atom stereocenters. The van der Waals surface area contributed by atoms with Crippen LogP contribution in [0.4, 0.5) is 22.0 Å². The molecule has 1 unspecified atom stereocenters. The molecule has 0 spiro atoms. The second-order valence-corrected chi connectivity index (χ2v) is 7.20. The summed E-state index contributed by atoms with van der Waals surface area (Å²) >= 11 is 3.15. The van der Waals surface area contributed by atoms with Crippen LogP contribution in [-0.2, 0) is 6.18 Å². The lowest BCUT2D eigenvalue weighted by atomic mass is 10.1. The van der Waals surface area contributed by atoms with Crippen LogP contribution >= 0.6 is 15.9 Å². The van der Waals surface area contributed by atoms with Crippen LogP contribution in [-0.4, -0.2) is 10.9 Å². The van der Waals surface area contributed by atoms with Crippen LogP contribution in [0, 0.1) is 11.6 Å². The second-order valence-electron chi connectivity index (χ2n) is 6.48. The van der Waals surface area contributed by atoms with Crippen LogP contribution < -0.4 is 10.5 Å². The van der Waals surface area contributed by atoms with E-state index >= 15 is 0 Å². The van der Waals surface area contributed by atoms with Crippen LogP contribution in [0.5, 0.6) is 5.75 Å². The maximum Gasteiger partial charge on any atom is 0.416 e. The summed E-state index contributed by atoms with van der Waals surface area (Å²) in [7, 11) is 0. The number of hydrogen-bond donors (Lipinski definition) is 1. The Labute approximate surface area is 186 Å². The first kappa shape index (κ1) is 23.5. The average molecular weight is 517 g/mol. The van der Waals surface area contributed by atoms with E-state index in [1.165, 1.54) is 18.2 Å². The number of nitrogens with zero attached hydrogens (tertiary/aromatic N) is 1. The molecule has 32 heavy (non-hydrogen) atoms. The van der Waals surface area contributed by atoms with E-state index in [2.05, 4.69) is 27.5 Å². The van der Waals surface area contributed by atoms with Crippen molar-refractivity contribution in [3.05, 3.63) is 82.4 Å². The van der Waals surface area contributed by atoms with Gasteiger partial charge in [-0.3, -0.25) is 4.79 Å². The minimum atomic E-state index is -4.49. The first-order valence-electron chi connectivity index (χ1n) is 8.92. The lowest BCUT2D eigenvalue weighted by Gasteiger charge is -2.16. The number of amides is 1. The number of aromatic nitrogens is 1. The van der Waals surface area contributed by atoms with Crippen molar-refractivity contribution in [2.75, 3.05) is 0 Å². The number of alkyl halides is 3. The molecule has 0 aliphatic rings. The number of ether oxygens (including phenoxy) is 1. The van der Waals surface area contributed by atoms with Gasteiger partial charge in [0, 0.05) is 12.0 Å². The van der Waals surface area contributed by atoms with E-state index in [1.54, 1.807) is 0 Å². The average Bonchev–Trinajstić information content (AvgIpc) is 3.10. The molecular weight excluding hydrogens is 503 g/mol. The fourth-order valence-corrected chi connectivity index (χ4v) is 3.29. The summed E-state index contributed by atoms with van der Waals surface area (Å²) in [6.45, 7) is 3.57. The Hall–Kier alpha value is -3.21. The molecule has 0 radical (unpaired) electrons. The molecule has 0 saturated heterocycles. The smallest absolute Gasteiger partial charge is 0.416 e. The number of primary amides is 1. The Kier molecular flexibility index (Phi) is 6.68. The minimum absolute atomic E-state index is 0.0592. The third-order valence-electron chi connectivity index (χ3n) is 4.32. The summed E-state index contributed by atoms with van der Waals surface area (Å²) in [5.41, 5.74) is 3.73. The van der Waals surface area contributed by atoms with Crippen LogP contribution in [0.1, 0.15) is 34.3 Å². The van der Waals surface area contributed by atoms with Gasteiger partial charge < -0.3 is 14.9 Å². The largest absolute Gasteiger partial charge is 0.477 e. The first-order valence-corrected chi connectivity index (χ1v) is 9.71. The second kappa shape index (κ2) is 9.11. The molecule has 0 aliphatic heterocycles. The zero-order valence-electron chi connectivity index (χ0n) is 16.1. The normalized spacial score (nSPS) is 12.4. The molecule has 0 bridgehead atoms. The van der Waals surface area contributed by atoms with Gasteiger partial charge in [-0.15, -0.1) is 6.58 Å². The molecule has 3 rings (SSSR count). The topological polar surface area (TPSA) is 78.4 Å². The molecule has 5 nitrogen and oxygen atoms in total. The number of carbonyl (C=O) groups is 1. The van der Waals surface area contributed by atoms with Crippen molar-refractivity contribution >= 4 is 21.8 Å². The minimum Gasteiger partial charge on any atom is -0.477 e. The van der Waals surface area contributed by atoms with E-state index < -0.39 is 46.7 Å². The summed E-state index contributed by atoms with van der Waals surface area (Å²) in [5, 5.41) is 0. The van der Waals surface area contributed by atoms with Crippen LogP contribution in [0.25, 0.3) is 11.3 Å². The summed E-state index contributed by atoms with van der Waals surface area (Å²) in [6.07, 6.45) is -4.04. The number of nitrogens with two attached hydrogens (primary N) is 1. The maximum atomic E-state index is 14.5. The summed E-state index contributed by atoms with van der Waals surface area (Å²) in [6, 6.07) is 6.03. The van der Waals surface area contributed by atoms with Gasteiger partial charge in [-0.05, 0) is 40.2 Å². The lowest BCUT2D eigenvalue weighted by Crippen LogP contribution is -2.17. The molecule has 1 aromatic heterocycles. The molecule has 168 valence electrons. The van der Waals surface area contributed by atoms with Gasteiger partial charge in [0.2, 0.25) is 5.89 Å². The van der Waals surface area contributed by atoms with Crippen molar-refractivity contribution in [2.24, 2.45) is 5.73 Å². The number of carbonyl (C=O) groups excluding carboxylic acids is 1. The van der Waals surface area contributed by atoms with Gasteiger partial charge in [0.15, 0.2) is 22.3 Å². The highest BCUT2D eigenvalue weighted by molar-refractivity contribution is 9.10. The summed E-state index contributed by atoms with van der Waals surface area (Å²) in [5.74, 6) is -4.28. The predicted molar refractivity (Wildman–Crippen MR) is 108 cm³/mol. The highest BCUT2D eigenvalue weighted by atomic mass is 79.9. The third-order valence-corrected chi connectivity index (χ3v) is 4.85. The van der Waals surface area contributed by atoms with E-state index in [1.807, 2.05) is 0 Å². The Bertz CT molecular complexity index is 1160. The number of oxazole rings is 1. The van der Waals surface area contributed by atoms with Gasteiger partial charge >= 0.3 is 6.18 Å². The van der Waals surface area contributed by atoms with E-state index in [4.69, 9.17) is 14.9 Å². The number of hydrogen-bond acceptors (Lipinski definition) is 4. The van der Waals surface area contributed by atoms with E-state index in [-0.39, 0.29) is 22.7 Å².